The molecule has 0 amide bonds. The third-order valence-corrected chi connectivity index (χ3v) is 3.29. The second-order valence-corrected chi connectivity index (χ2v) is 5.75. The van der Waals surface area contributed by atoms with Gasteiger partial charge in [0, 0.05) is 13.2 Å². The third kappa shape index (κ3) is 4.76. The van der Waals surface area contributed by atoms with E-state index in [1.807, 2.05) is 6.07 Å². The molecular formula is C16H24FNO2. The van der Waals surface area contributed by atoms with Crippen LogP contribution in [0, 0.1) is 11.7 Å². The van der Waals surface area contributed by atoms with Crippen molar-refractivity contribution in [2.75, 3.05) is 19.8 Å². The van der Waals surface area contributed by atoms with Crippen LogP contribution >= 0.6 is 0 Å². The minimum atomic E-state index is -0.292. The molecule has 1 heterocycles. The zero-order chi connectivity index (χ0) is 14.4. The van der Waals surface area contributed by atoms with Crippen molar-refractivity contribution in [2.24, 2.45) is 5.92 Å². The predicted octanol–water partition coefficient (Wildman–Crippen LogP) is 3.13. The number of nitrogens with one attached hydrogen (secondary N) is 1. The molecular weight excluding hydrogens is 257 g/mol. The Labute approximate surface area is 120 Å². The molecule has 0 aliphatic carbocycles. The lowest BCUT2D eigenvalue weighted by molar-refractivity contribution is 0.00587. The summed E-state index contributed by atoms with van der Waals surface area (Å²) in [5.41, 5.74) is 0.940. The van der Waals surface area contributed by atoms with E-state index in [9.17, 15) is 4.39 Å². The van der Waals surface area contributed by atoms with Crippen LogP contribution in [0.5, 0.6) is 5.75 Å². The molecule has 112 valence electrons. The Morgan fingerprint density at radius 2 is 2.30 bits per heavy atom. The highest BCUT2D eigenvalue weighted by molar-refractivity contribution is 5.29. The molecule has 0 bridgehead atoms. The summed E-state index contributed by atoms with van der Waals surface area (Å²) < 4.78 is 25.0. The van der Waals surface area contributed by atoms with E-state index in [2.05, 4.69) is 19.2 Å². The molecule has 0 spiro atoms. The molecule has 3 nitrogen and oxygen atoms in total. The largest absolute Gasteiger partial charge is 0.485 e. The monoisotopic (exact) mass is 281 g/mol. The van der Waals surface area contributed by atoms with Crippen LogP contribution in [0.15, 0.2) is 18.2 Å². The van der Waals surface area contributed by atoms with E-state index in [1.54, 1.807) is 12.1 Å². The Balaban J connectivity index is 1.88. The van der Waals surface area contributed by atoms with Gasteiger partial charge in [0.25, 0.3) is 0 Å². The summed E-state index contributed by atoms with van der Waals surface area (Å²) in [6.07, 6.45) is 1.88. The molecule has 2 rings (SSSR count). The normalized spacial score (nSPS) is 19.3. The Kier molecular flexibility index (Phi) is 5.80. The van der Waals surface area contributed by atoms with Crippen molar-refractivity contribution in [3.05, 3.63) is 29.6 Å². The van der Waals surface area contributed by atoms with Crippen LogP contribution in [0.1, 0.15) is 32.3 Å². The molecule has 0 saturated carbocycles. The number of hydrogen-bond donors (Lipinski definition) is 1. The number of halogens is 1. The molecule has 4 heteroatoms. The Morgan fingerprint density at radius 3 is 2.95 bits per heavy atom. The summed E-state index contributed by atoms with van der Waals surface area (Å²) in [4.78, 5) is 0. The van der Waals surface area contributed by atoms with Crippen molar-refractivity contribution < 1.29 is 13.9 Å². The van der Waals surface area contributed by atoms with Gasteiger partial charge in [0.05, 0.1) is 6.61 Å². The lowest BCUT2D eigenvalue weighted by atomic mass is 10.1. The van der Waals surface area contributed by atoms with Gasteiger partial charge in [-0.05, 0) is 43.0 Å². The first kappa shape index (κ1) is 15.3. The molecule has 1 saturated heterocycles. The first-order valence-electron chi connectivity index (χ1n) is 7.38. The molecule has 1 aromatic rings. The van der Waals surface area contributed by atoms with Crippen LogP contribution < -0.4 is 10.1 Å². The van der Waals surface area contributed by atoms with Gasteiger partial charge in [-0.3, -0.25) is 0 Å². The van der Waals surface area contributed by atoms with Crippen LogP contribution in [0.25, 0.3) is 0 Å². The zero-order valence-corrected chi connectivity index (χ0v) is 12.3. The molecule has 1 unspecified atom stereocenters. The molecule has 1 fully saturated rings. The Hall–Kier alpha value is -1.13. The number of benzene rings is 1. The average Bonchev–Trinajstić information content (AvgIpc) is 2.42. The summed E-state index contributed by atoms with van der Waals surface area (Å²) in [7, 11) is 0. The first-order valence-corrected chi connectivity index (χ1v) is 7.38. The van der Waals surface area contributed by atoms with Gasteiger partial charge in [0.1, 0.15) is 6.10 Å². The van der Waals surface area contributed by atoms with Crippen molar-refractivity contribution >= 4 is 0 Å². The molecule has 0 radical (unpaired) electrons. The molecule has 1 aromatic carbocycles. The van der Waals surface area contributed by atoms with Gasteiger partial charge < -0.3 is 14.8 Å². The van der Waals surface area contributed by atoms with Crippen LogP contribution in [-0.4, -0.2) is 25.9 Å². The van der Waals surface area contributed by atoms with Crippen molar-refractivity contribution in [2.45, 2.75) is 39.3 Å². The Morgan fingerprint density at radius 1 is 1.45 bits per heavy atom. The molecule has 0 aromatic heterocycles. The van der Waals surface area contributed by atoms with Gasteiger partial charge in [0.2, 0.25) is 0 Å². The third-order valence-electron chi connectivity index (χ3n) is 3.29. The maximum atomic E-state index is 14.0. The quantitative estimate of drug-likeness (QED) is 0.869. The standard InChI is InChI=1S/C16H24FNO2/c1-12(2)9-18-10-13-5-6-16(15(17)8-13)20-14-4-3-7-19-11-14/h5-6,8,12,14,18H,3-4,7,9-11H2,1-2H3. The molecule has 1 N–H and O–H groups in total. The average molecular weight is 281 g/mol. The van der Waals surface area contributed by atoms with Crippen molar-refractivity contribution in [3.63, 3.8) is 0 Å². The summed E-state index contributed by atoms with van der Waals surface area (Å²) in [5.74, 6) is 0.626. The predicted molar refractivity (Wildman–Crippen MR) is 77.4 cm³/mol. The number of ether oxygens (including phenoxy) is 2. The minimum Gasteiger partial charge on any atom is -0.485 e. The lowest BCUT2D eigenvalue weighted by Gasteiger charge is -2.23. The van der Waals surface area contributed by atoms with E-state index in [1.165, 1.54) is 0 Å². The van der Waals surface area contributed by atoms with E-state index in [0.717, 1.165) is 31.6 Å². The fourth-order valence-corrected chi connectivity index (χ4v) is 2.24. The molecule has 1 atom stereocenters. The van der Waals surface area contributed by atoms with Crippen LogP contribution in [0.4, 0.5) is 4.39 Å². The summed E-state index contributed by atoms with van der Waals surface area (Å²) >= 11 is 0. The zero-order valence-electron chi connectivity index (χ0n) is 12.3. The maximum Gasteiger partial charge on any atom is 0.165 e. The van der Waals surface area contributed by atoms with E-state index in [-0.39, 0.29) is 11.9 Å². The highest BCUT2D eigenvalue weighted by atomic mass is 19.1. The van der Waals surface area contributed by atoms with E-state index in [4.69, 9.17) is 9.47 Å². The van der Waals surface area contributed by atoms with Crippen LogP contribution in [-0.2, 0) is 11.3 Å². The second-order valence-electron chi connectivity index (χ2n) is 5.75. The highest BCUT2D eigenvalue weighted by Gasteiger charge is 2.17. The van der Waals surface area contributed by atoms with Crippen molar-refractivity contribution in [1.82, 2.24) is 5.32 Å². The van der Waals surface area contributed by atoms with E-state index < -0.39 is 0 Å². The van der Waals surface area contributed by atoms with E-state index >= 15 is 0 Å². The van der Waals surface area contributed by atoms with Gasteiger partial charge in [0.15, 0.2) is 11.6 Å². The van der Waals surface area contributed by atoms with Crippen LogP contribution in [0.2, 0.25) is 0 Å². The number of rotatable bonds is 6. The van der Waals surface area contributed by atoms with Crippen molar-refractivity contribution in [1.29, 1.82) is 0 Å². The maximum absolute atomic E-state index is 14.0. The van der Waals surface area contributed by atoms with Crippen molar-refractivity contribution in [3.8, 4) is 5.75 Å². The number of hydrogen-bond acceptors (Lipinski definition) is 3. The fourth-order valence-electron chi connectivity index (χ4n) is 2.24. The minimum absolute atomic E-state index is 0.0248. The molecule has 1 aliphatic rings. The highest BCUT2D eigenvalue weighted by Crippen LogP contribution is 2.22. The van der Waals surface area contributed by atoms with Crippen LogP contribution in [0.3, 0.4) is 0 Å². The van der Waals surface area contributed by atoms with E-state index in [0.29, 0.717) is 24.8 Å². The first-order chi connectivity index (χ1) is 9.65. The fraction of sp³-hybridized carbons (Fsp3) is 0.625. The summed E-state index contributed by atoms with van der Waals surface area (Å²) in [5, 5.41) is 3.30. The van der Waals surface area contributed by atoms with Gasteiger partial charge in [-0.15, -0.1) is 0 Å². The summed E-state index contributed by atoms with van der Waals surface area (Å²) in [6.45, 7) is 7.24. The SMILES string of the molecule is CC(C)CNCc1ccc(OC2CCCOC2)c(F)c1. The Bertz CT molecular complexity index is 417. The molecule has 20 heavy (non-hydrogen) atoms. The van der Waals surface area contributed by atoms with Gasteiger partial charge >= 0.3 is 0 Å². The smallest absolute Gasteiger partial charge is 0.165 e. The van der Waals surface area contributed by atoms with Gasteiger partial charge in [-0.2, -0.15) is 0 Å². The van der Waals surface area contributed by atoms with Gasteiger partial charge in [-0.25, -0.2) is 4.39 Å². The molecule has 1 aliphatic heterocycles. The lowest BCUT2D eigenvalue weighted by Crippen LogP contribution is -2.28. The topological polar surface area (TPSA) is 30.5 Å². The summed E-state index contributed by atoms with van der Waals surface area (Å²) in [6, 6.07) is 5.18. The van der Waals surface area contributed by atoms with Gasteiger partial charge in [-0.1, -0.05) is 19.9 Å². The second kappa shape index (κ2) is 7.60.